The van der Waals surface area contributed by atoms with E-state index in [1.54, 1.807) is 26.0 Å². The molecule has 114 valence electrons. The van der Waals surface area contributed by atoms with Crippen molar-refractivity contribution in [3.8, 4) is 17.2 Å². The van der Waals surface area contributed by atoms with Gasteiger partial charge in [0.2, 0.25) is 0 Å². The van der Waals surface area contributed by atoms with Gasteiger partial charge in [-0.05, 0) is 61.4 Å². The summed E-state index contributed by atoms with van der Waals surface area (Å²) in [5.74, 6) is -0.0192. The number of aromatic hydroxyl groups is 1. The second-order valence-electron chi connectivity index (χ2n) is 4.84. The Morgan fingerprint density at radius 2 is 1.36 bits per heavy atom. The highest BCUT2D eigenvalue weighted by Crippen LogP contribution is 2.29. The van der Waals surface area contributed by atoms with Crippen molar-refractivity contribution in [2.45, 2.75) is 20.8 Å². The maximum Gasteiger partial charge on any atom is 0.343 e. The number of hydrogen-bond donors (Lipinski definition) is 1. The Morgan fingerprint density at radius 1 is 0.864 bits per heavy atom. The average molecular weight is 300 g/mol. The Labute approximate surface area is 128 Å². The van der Waals surface area contributed by atoms with E-state index in [4.69, 9.17) is 9.47 Å². The number of carbonyl (C=O) groups is 2. The summed E-state index contributed by atoms with van der Waals surface area (Å²) in [6.07, 6.45) is 0. The first-order valence-corrected chi connectivity index (χ1v) is 6.68. The third kappa shape index (κ3) is 3.44. The van der Waals surface area contributed by atoms with E-state index in [-0.39, 0.29) is 5.75 Å². The van der Waals surface area contributed by atoms with Gasteiger partial charge < -0.3 is 14.6 Å². The molecule has 0 amide bonds. The zero-order valence-electron chi connectivity index (χ0n) is 12.5. The van der Waals surface area contributed by atoms with Gasteiger partial charge in [0, 0.05) is 6.92 Å². The molecule has 0 bridgehead atoms. The monoisotopic (exact) mass is 300 g/mol. The van der Waals surface area contributed by atoms with Crippen LogP contribution in [-0.4, -0.2) is 17.0 Å². The molecule has 0 aliphatic carbocycles. The Balaban J connectivity index is 2.23. The van der Waals surface area contributed by atoms with Crippen LogP contribution in [0.5, 0.6) is 17.2 Å². The third-order valence-electron chi connectivity index (χ3n) is 3.25. The highest BCUT2D eigenvalue weighted by molar-refractivity contribution is 5.91. The number of esters is 2. The fourth-order valence-electron chi connectivity index (χ4n) is 1.90. The van der Waals surface area contributed by atoms with E-state index in [1.807, 2.05) is 0 Å². The summed E-state index contributed by atoms with van der Waals surface area (Å²) in [5, 5.41) is 9.22. The van der Waals surface area contributed by atoms with Gasteiger partial charge in [0.25, 0.3) is 0 Å². The molecular formula is C17H16O5. The van der Waals surface area contributed by atoms with Crippen molar-refractivity contribution in [2.24, 2.45) is 0 Å². The maximum absolute atomic E-state index is 12.1. The van der Waals surface area contributed by atoms with E-state index in [1.165, 1.54) is 31.2 Å². The molecule has 0 saturated heterocycles. The number of phenols is 1. The Bertz CT molecular complexity index is 717. The van der Waals surface area contributed by atoms with Gasteiger partial charge in [-0.15, -0.1) is 0 Å². The third-order valence-corrected chi connectivity index (χ3v) is 3.25. The Kier molecular flexibility index (Phi) is 4.46. The average Bonchev–Trinajstić information content (AvgIpc) is 2.47. The van der Waals surface area contributed by atoms with Crippen molar-refractivity contribution < 1.29 is 24.2 Å². The molecule has 22 heavy (non-hydrogen) atoms. The van der Waals surface area contributed by atoms with Crippen molar-refractivity contribution in [1.82, 2.24) is 0 Å². The number of hydrogen-bond acceptors (Lipinski definition) is 5. The zero-order valence-corrected chi connectivity index (χ0v) is 12.5. The van der Waals surface area contributed by atoms with Crippen molar-refractivity contribution in [1.29, 1.82) is 0 Å². The standard InChI is InChI=1S/C17H16O5/c1-10-11(2)16(9-8-15(10)21-12(3)18)22-17(20)13-4-6-14(19)7-5-13/h4-9,19H,1-3H3. The predicted molar refractivity (Wildman–Crippen MR) is 80.3 cm³/mol. The summed E-state index contributed by atoms with van der Waals surface area (Å²) in [5.41, 5.74) is 1.77. The number of phenolic OH excluding ortho intramolecular Hbond substituents is 1. The Hall–Kier alpha value is -2.82. The van der Waals surface area contributed by atoms with Crippen LogP contribution in [0, 0.1) is 13.8 Å². The van der Waals surface area contributed by atoms with Gasteiger partial charge in [0.15, 0.2) is 0 Å². The lowest BCUT2D eigenvalue weighted by Crippen LogP contribution is -2.10. The summed E-state index contributed by atoms with van der Waals surface area (Å²) < 4.78 is 10.4. The first-order chi connectivity index (χ1) is 10.4. The van der Waals surface area contributed by atoms with Crippen molar-refractivity contribution in [2.75, 3.05) is 0 Å². The zero-order chi connectivity index (χ0) is 16.3. The smallest absolute Gasteiger partial charge is 0.343 e. The van der Waals surface area contributed by atoms with E-state index in [2.05, 4.69) is 0 Å². The first-order valence-electron chi connectivity index (χ1n) is 6.68. The highest BCUT2D eigenvalue weighted by Gasteiger charge is 2.14. The highest BCUT2D eigenvalue weighted by atomic mass is 16.5. The molecule has 0 radical (unpaired) electrons. The molecule has 0 saturated carbocycles. The summed E-state index contributed by atoms with van der Waals surface area (Å²) in [6.45, 7) is 4.89. The van der Waals surface area contributed by atoms with Gasteiger partial charge in [0.1, 0.15) is 17.2 Å². The van der Waals surface area contributed by atoms with Crippen molar-refractivity contribution >= 4 is 11.9 Å². The van der Waals surface area contributed by atoms with Gasteiger partial charge in [-0.1, -0.05) is 0 Å². The minimum absolute atomic E-state index is 0.0781. The molecule has 5 nitrogen and oxygen atoms in total. The van der Waals surface area contributed by atoms with Crippen LogP contribution in [0.3, 0.4) is 0 Å². The Morgan fingerprint density at radius 3 is 1.86 bits per heavy atom. The minimum atomic E-state index is -0.525. The lowest BCUT2D eigenvalue weighted by molar-refractivity contribution is -0.131. The van der Waals surface area contributed by atoms with Crippen LogP contribution in [0.2, 0.25) is 0 Å². The van der Waals surface area contributed by atoms with Gasteiger partial charge in [-0.3, -0.25) is 4.79 Å². The fraction of sp³-hybridized carbons (Fsp3) is 0.176. The van der Waals surface area contributed by atoms with Crippen LogP contribution < -0.4 is 9.47 Å². The van der Waals surface area contributed by atoms with Gasteiger partial charge in [0.05, 0.1) is 5.56 Å². The minimum Gasteiger partial charge on any atom is -0.508 e. The van der Waals surface area contributed by atoms with E-state index >= 15 is 0 Å². The van der Waals surface area contributed by atoms with Crippen LogP contribution in [0.1, 0.15) is 28.4 Å². The molecule has 0 aromatic heterocycles. The number of benzene rings is 2. The van der Waals surface area contributed by atoms with E-state index < -0.39 is 11.9 Å². The first kappa shape index (κ1) is 15.6. The molecule has 2 aromatic carbocycles. The fourth-order valence-corrected chi connectivity index (χ4v) is 1.90. The van der Waals surface area contributed by atoms with Crippen molar-refractivity contribution in [3.05, 3.63) is 53.1 Å². The molecule has 0 aliphatic heterocycles. The SMILES string of the molecule is CC(=O)Oc1ccc(OC(=O)c2ccc(O)cc2)c(C)c1C. The quantitative estimate of drug-likeness (QED) is 0.696. The van der Waals surface area contributed by atoms with E-state index in [0.29, 0.717) is 22.6 Å². The number of rotatable bonds is 3. The molecule has 0 aliphatic rings. The molecule has 2 aromatic rings. The molecule has 2 rings (SSSR count). The van der Waals surface area contributed by atoms with E-state index in [9.17, 15) is 14.7 Å². The molecule has 0 unspecified atom stereocenters. The van der Waals surface area contributed by atoms with Crippen LogP contribution in [-0.2, 0) is 4.79 Å². The van der Waals surface area contributed by atoms with Gasteiger partial charge in [-0.2, -0.15) is 0 Å². The van der Waals surface area contributed by atoms with Crippen molar-refractivity contribution in [3.63, 3.8) is 0 Å². The summed E-state index contributed by atoms with van der Waals surface area (Å²) in [7, 11) is 0. The van der Waals surface area contributed by atoms with Gasteiger partial charge >= 0.3 is 11.9 Å². The molecule has 0 atom stereocenters. The topological polar surface area (TPSA) is 72.8 Å². The molecule has 0 fully saturated rings. The normalized spacial score (nSPS) is 10.1. The maximum atomic E-state index is 12.1. The molecule has 5 heteroatoms. The van der Waals surface area contributed by atoms with E-state index in [0.717, 1.165) is 5.56 Å². The summed E-state index contributed by atoms with van der Waals surface area (Å²) >= 11 is 0. The number of ether oxygens (including phenoxy) is 2. The lowest BCUT2D eigenvalue weighted by atomic mass is 10.1. The second-order valence-corrected chi connectivity index (χ2v) is 4.84. The van der Waals surface area contributed by atoms with Crippen LogP contribution in [0.25, 0.3) is 0 Å². The molecular weight excluding hydrogens is 284 g/mol. The van der Waals surface area contributed by atoms with Crippen LogP contribution in [0.15, 0.2) is 36.4 Å². The van der Waals surface area contributed by atoms with Crippen LogP contribution >= 0.6 is 0 Å². The second kappa shape index (κ2) is 6.30. The van der Waals surface area contributed by atoms with Gasteiger partial charge in [-0.25, -0.2) is 4.79 Å². The lowest BCUT2D eigenvalue weighted by Gasteiger charge is -2.13. The summed E-state index contributed by atoms with van der Waals surface area (Å²) in [4.78, 5) is 23.1. The largest absolute Gasteiger partial charge is 0.508 e. The number of carbonyl (C=O) groups excluding carboxylic acids is 2. The molecule has 0 spiro atoms. The molecule has 1 N–H and O–H groups in total. The predicted octanol–water partition coefficient (Wildman–Crippen LogP) is 3.15. The molecule has 0 heterocycles. The van der Waals surface area contributed by atoms with Crippen LogP contribution in [0.4, 0.5) is 0 Å². The summed E-state index contributed by atoms with van der Waals surface area (Å²) in [6, 6.07) is 8.96.